The van der Waals surface area contributed by atoms with Crippen LogP contribution in [0, 0.1) is 5.41 Å². The zero-order chi connectivity index (χ0) is 23.5. The predicted octanol–water partition coefficient (Wildman–Crippen LogP) is 5.34. The summed E-state index contributed by atoms with van der Waals surface area (Å²) in [6, 6.07) is 15.8. The molecule has 2 heterocycles. The van der Waals surface area contributed by atoms with Crippen molar-refractivity contribution < 1.29 is 9.59 Å². The number of halogens is 2. The van der Waals surface area contributed by atoms with Gasteiger partial charge < -0.3 is 14.0 Å². The lowest BCUT2D eigenvalue weighted by molar-refractivity contribution is 0.0796. The number of nitrogens with zero attached hydrogens (tertiary/aromatic N) is 3. The first-order valence-electron chi connectivity index (χ1n) is 10.4. The monoisotopic (exact) mass is 500 g/mol. The minimum atomic E-state index is -0.120. The molecule has 0 saturated carbocycles. The molecule has 0 saturated heterocycles. The van der Waals surface area contributed by atoms with Gasteiger partial charge in [0.1, 0.15) is 0 Å². The Bertz CT molecular complexity index is 1360. The Hall–Kier alpha value is -2.87. The molecule has 2 aromatic carbocycles. The fourth-order valence-electron chi connectivity index (χ4n) is 3.76. The molecular weight excluding hydrogens is 479 g/mol. The molecule has 0 aliphatic rings. The molecule has 4 rings (SSSR count). The van der Waals surface area contributed by atoms with Crippen LogP contribution in [0.15, 0.2) is 60.0 Å². The summed E-state index contributed by atoms with van der Waals surface area (Å²) in [4.78, 5) is 27.7. The Morgan fingerprint density at radius 1 is 1.03 bits per heavy atom. The van der Waals surface area contributed by atoms with Crippen LogP contribution < -0.4 is 5.62 Å². The summed E-state index contributed by atoms with van der Waals surface area (Å²) in [5, 5.41) is 11.7. The summed E-state index contributed by atoms with van der Waals surface area (Å²) in [7, 11) is 1.77. The van der Waals surface area contributed by atoms with Crippen molar-refractivity contribution in [3.05, 3.63) is 86.1 Å². The van der Waals surface area contributed by atoms with Crippen LogP contribution in [0.25, 0.3) is 11.0 Å². The van der Waals surface area contributed by atoms with Crippen LogP contribution in [0.5, 0.6) is 0 Å². The number of para-hydroxylation sites is 1. The highest BCUT2D eigenvalue weighted by Gasteiger charge is 2.18. The number of rotatable bonds is 8. The fraction of sp³-hybridized carbons (Fsp3) is 0.208. The molecule has 0 spiro atoms. The molecule has 170 valence electrons. The van der Waals surface area contributed by atoms with Gasteiger partial charge in [0.25, 0.3) is 5.91 Å². The second-order valence-corrected chi connectivity index (χ2v) is 9.45. The quantitative estimate of drug-likeness (QED) is 0.332. The van der Waals surface area contributed by atoms with Crippen LogP contribution in [0.4, 0.5) is 0 Å². The molecule has 0 aliphatic carbocycles. The van der Waals surface area contributed by atoms with Crippen molar-refractivity contribution in [2.75, 3.05) is 13.6 Å². The maximum Gasteiger partial charge on any atom is 0.263 e. The maximum absolute atomic E-state index is 12.9. The molecule has 1 amide bonds. The molecule has 9 heteroatoms. The topological polar surface area (TPSA) is 71.1 Å². The Morgan fingerprint density at radius 3 is 2.48 bits per heavy atom. The highest BCUT2D eigenvalue weighted by molar-refractivity contribution is 7.12. The third kappa shape index (κ3) is 4.90. The number of fused-ring (bicyclic) bond motifs is 1. The Morgan fingerprint density at radius 2 is 1.79 bits per heavy atom. The van der Waals surface area contributed by atoms with Crippen LogP contribution in [0.3, 0.4) is 0 Å². The summed E-state index contributed by atoms with van der Waals surface area (Å²) < 4.78 is 3.47. The zero-order valence-electron chi connectivity index (χ0n) is 17.9. The van der Waals surface area contributed by atoms with Gasteiger partial charge in [-0.15, -0.1) is 11.3 Å². The molecule has 33 heavy (non-hydrogen) atoms. The summed E-state index contributed by atoms with van der Waals surface area (Å²) in [6.45, 7) is 1.04. The van der Waals surface area contributed by atoms with E-state index in [2.05, 4.69) is 0 Å². The minimum Gasteiger partial charge on any atom is -0.341 e. The smallest absolute Gasteiger partial charge is 0.263 e. The number of ketones is 1. The van der Waals surface area contributed by atoms with E-state index in [0.29, 0.717) is 45.5 Å². The number of Topliss-reactive ketones (excluding diaryl/α,β-unsaturated/α-hetero) is 1. The molecule has 4 aromatic rings. The number of aryl methyl sites for hydroxylation is 1. The van der Waals surface area contributed by atoms with Gasteiger partial charge in [-0.05, 0) is 54.3 Å². The van der Waals surface area contributed by atoms with E-state index in [0.717, 1.165) is 5.52 Å². The predicted molar refractivity (Wildman–Crippen MR) is 132 cm³/mol. The van der Waals surface area contributed by atoms with E-state index in [-0.39, 0.29) is 23.9 Å². The van der Waals surface area contributed by atoms with E-state index in [4.69, 9.17) is 28.6 Å². The number of hydrogen-bond donors (Lipinski definition) is 1. The van der Waals surface area contributed by atoms with Crippen molar-refractivity contribution in [1.29, 1.82) is 5.41 Å². The molecule has 0 radical (unpaired) electrons. The SMILES string of the molecule is CN(CCCn1c(=N)n(CC(=O)c2ccc(Cl)cc2)c2cccc(Cl)c21)C(=O)c1cccs1. The molecule has 0 bridgehead atoms. The number of thiophene rings is 1. The Balaban J connectivity index is 1.56. The van der Waals surface area contributed by atoms with Crippen molar-refractivity contribution >= 4 is 57.3 Å². The molecule has 1 N–H and O–H groups in total. The first-order chi connectivity index (χ1) is 15.9. The standard InChI is InChI=1S/C24H22Cl2N4O2S/c1-28(23(32)21-7-3-14-33-21)12-4-13-29-22-18(26)5-2-6-19(22)30(24(29)27)15-20(31)16-8-10-17(25)11-9-16/h2-3,5-11,14,27H,4,12-13,15H2,1H3. The second-order valence-electron chi connectivity index (χ2n) is 7.66. The highest BCUT2D eigenvalue weighted by atomic mass is 35.5. The van der Waals surface area contributed by atoms with Crippen molar-refractivity contribution in [2.45, 2.75) is 19.5 Å². The van der Waals surface area contributed by atoms with Gasteiger partial charge in [-0.3, -0.25) is 15.0 Å². The van der Waals surface area contributed by atoms with Crippen molar-refractivity contribution in [3.63, 3.8) is 0 Å². The Labute approximate surface area is 205 Å². The van der Waals surface area contributed by atoms with E-state index < -0.39 is 0 Å². The molecule has 0 fully saturated rings. The summed E-state index contributed by atoms with van der Waals surface area (Å²) in [5.74, 6) is -0.138. The largest absolute Gasteiger partial charge is 0.341 e. The van der Waals surface area contributed by atoms with Crippen molar-refractivity contribution in [2.24, 2.45) is 0 Å². The molecule has 0 aliphatic heterocycles. The maximum atomic E-state index is 12.9. The van der Waals surface area contributed by atoms with Crippen molar-refractivity contribution in [1.82, 2.24) is 14.0 Å². The third-order valence-electron chi connectivity index (χ3n) is 5.46. The average Bonchev–Trinajstić information content (AvgIpc) is 3.43. The van der Waals surface area contributed by atoms with Gasteiger partial charge >= 0.3 is 0 Å². The van der Waals surface area contributed by atoms with Crippen LogP contribution in [0.1, 0.15) is 26.5 Å². The summed E-state index contributed by atoms with van der Waals surface area (Å²) >= 11 is 13.8. The number of hydrogen-bond acceptors (Lipinski definition) is 4. The number of carbonyl (C=O) groups is 2. The lowest BCUT2D eigenvalue weighted by Crippen LogP contribution is -2.30. The molecule has 6 nitrogen and oxygen atoms in total. The first kappa shape index (κ1) is 23.3. The normalized spacial score (nSPS) is 11.1. The Kier molecular flexibility index (Phi) is 7.02. The van der Waals surface area contributed by atoms with Gasteiger partial charge in [0.05, 0.1) is 27.5 Å². The average molecular weight is 501 g/mol. The molecule has 0 unspecified atom stereocenters. The second kappa shape index (κ2) is 9.95. The number of benzene rings is 2. The van der Waals surface area contributed by atoms with Gasteiger partial charge in [-0.1, -0.05) is 35.3 Å². The van der Waals surface area contributed by atoms with E-state index in [9.17, 15) is 9.59 Å². The van der Waals surface area contributed by atoms with Crippen LogP contribution in [-0.2, 0) is 13.1 Å². The van der Waals surface area contributed by atoms with Crippen LogP contribution >= 0.6 is 34.5 Å². The van der Waals surface area contributed by atoms with Crippen molar-refractivity contribution in [3.8, 4) is 0 Å². The number of aromatic nitrogens is 2. The number of amides is 1. The molecule has 2 aromatic heterocycles. The van der Waals surface area contributed by atoms with Gasteiger partial charge in [-0.25, -0.2) is 0 Å². The van der Waals surface area contributed by atoms with Gasteiger partial charge in [0, 0.05) is 30.7 Å². The van der Waals surface area contributed by atoms with E-state index in [1.165, 1.54) is 11.3 Å². The lowest BCUT2D eigenvalue weighted by Gasteiger charge is -2.16. The van der Waals surface area contributed by atoms with Crippen LogP contribution in [-0.4, -0.2) is 39.3 Å². The molecular formula is C24H22Cl2N4O2S. The summed E-state index contributed by atoms with van der Waals surface area (Å²) in [5.41, 5.74) is 2.15. The molecule has 0 atom stereocenters. The van der Waals surface area contributed by atoms with E-state index >= 15 is 0 Å². The van der Waals surface area contributed by atoms with E-state index in [1.54, 1.807) is 51.4 Å². The summed E-state index contributed by atoms with van der Waals surface area (Å²) in [6.07, 6.45) is 0.639. The minimum absolute atomic E-state index is 0.0150. The third-order valence-corrected chi connectivity index (χ3v) is 6.87. The van der Waals surface area contributed by atoms with E-state index in [1.807, 2.05) is 29.6 Å². The zero-order valence-corrected chi connectivity index (χ0v) is 20.3. The highest BCUT2D eigenvalue weighted by Crippen LogP contribution is 2.23. The van der Waals surface area contributed by atoms with Crippen LogP contribution in [0.2, 0.25) is 10.0 Å². The van der Waals surface area contributed by atoms with Gasteiger partial charge in [0.15, 0.2) is 5.78 Å². The lowest BCUT2D eigenvalue weighted by atomic mass is 10.1. The number of nitrogens with one attached hydrogen (secondary N) is 1. The number of imidazole rings is 1. The van der Waals surface area contributed by atoms with Gasteiger partial charge in [0.2, 0.25) is 5.62 Å². The number of carbonyl (C=O) groups excluding carboxylic acids is 2. The first-order valence-corrected chi connectivity index (χ1v) is 12.0. The van der Waals surface area contributed by atoms with Gasteiger partial charge in [-0.2, -0.15) is 0 Å². The fourth-order valence-corrected chi connectivity index (χ4v) is 4.87.